The molecule has 0 spiro atoms. The third kappa shape index (κ3) is 2.53. The molecule has 1 heterocycles. The number of nitro groups is 1. The zero-order valence-corrected chi connectivity index (χ0v) is 9.67. The van der Waals surface area contributed by atoms with E-state index in [-0.39, 0.29) is 29.5 Å². The third-order valence-corrected chi connectivity index (χ3v) is 2.84. The van der Waals surface area contributed by atoms with Crippen LogP contribution in [0.3, 0.4) is 0 Å². The maximum atomic E-state index is 12.1. The van der Waals surface area contributed by atoms with Crippen LogP contribution in [-0.4, -0.2) is 34.6 Å². The quantitative estimate of drug-likeness (QED) is 0.585. The summed E-state index contributed by atoms with van der Waals surface area (Å²) in [7, 11) is 0. The van der Waals surface area contributed by atoms with Crippen molar-refractivity contribution in [1.82, 2.24) is 4.90 Å². The number of ketones is 1. The lowest BCUT2D eigenvalue weighted by atomic mass is 10.1. The number of amides is 1. The van der Waals surface area contributed by atoms with Gasteiger partial charge in [0.2, 0.25) is 0 Å². The Morgan fingerprint density at radius 1 is 1.39 bits per heavy atom. The first kappa shape index (κ1) is 12.2. The van der Waals surface area contributed by atoms with E-state index < -0.39 is 4.92 Å². The molecule has 1 amide bonds. The van der Waals surface area contributed by atoms with E-state index >= 15 is 0 Å². The normalized spacial score (nSPS) is 15.6. The first-order valence-electron chi connectivity index (χ1n) is 5.63. The van der Waals surface area contributed by atoms with Crippen LogP contribution >= 0.6 is 0 Å². The molecule has 0 aromatic heterocycles. The lowest BCUT2D eigenvalue weighted by Gasteiger charge is -2.25. The van der Waals surface area contributed by atoms with E-state index in [1.165, 1.54) is 29.2 Å². The molecule has 6 nitrogen and oxygen atoms in total. The molecule has 0 radical (unpaired) electrons. The SMILES string of the molecule is O=C1CCCN(C(=O)c2cccc([N+](=O)[O-])c2)C1. The molecule has 0 saturated carbocycles. The lowest BCUT2D eigenvalue weighted by Crippen LogP contribution is -2.40. The van der Waals surface area contributed by atoms with E-state index in [2.05, 4.69) is 0 Å². The molecule has 1 aliphatic heterocycles. The molecule has 1 saturated heterocycles. The number of non-ortho nitro benzene ring substituents is 1. The van der Waals surface area contributed by atoms with Gasteiger partial charge < -0.3 is 4.90 Å². The molecule has 1 aromatic carbocycles. The van der Waals surface area contributed by atoms with Crippen LogP contribution < -0.4 is 0 Å². The largest absolute Gasteiger partial charge is 0.331 e. The maximum absolute atomic E-state index is 12.1. The third-order valence-electron chi connectivity index (χ3n) is 2.84. The van der Waals surface area contributed by atoms with Crippen LogP contribution in [0.15, 0.2) is 24.3 Å². The minimum Gasteiger partial charge on any atom is -0.331 e. The lowest BCUT2D eigenvalue weighted by molar-refractivity contribution is -0.384. The van der Waals surface area contributed by atoms with Gasteiger partial charge in [-0.25, -0.2) is 0 Å². The summed E-state index contributed by atoms with van der Waals surface area (Å²) in [5.74, 6) is -0.299. The van der Waals surface area contributed by atoms with Gasteiger partial charge >= 0.3 is 0 Å². The summed E-state index contributed by atoms with van der Waals surface area (Å²) in [6.07, 6.45) is 1.15. The Balaban J connectivity index is 2.20. The number of carbonyl (C=O) groups is 2. The molecule has 6 heteroatoms. The minimum atomic E-state index is -0.544. The zero-order valence-electron chi connectivity index (χ0n) is 9.67. The first-order chi connectivity index (χ1) is 8.58. The van der Waals surface area contributed by atoms with Crippen molar-refractivity contribution in [3.05, 3.63) is 39.9 Å². The fraction of sp³-hybridized carbons (Fsp3) is 0.333. The van der Waals surface area contributed by atoms with E-state index in [9.17, 15) is 19.7 Å². The van der Waals surface area contributed by atoms with Crippen molar-refractivity contribution in [2.75, 3.05) is 13.1 Å². The smallest absolute Gasteiger partial charge is 0.270 e. The van der Waals surface area contributed by atoms with Gasteiger partial charge in [0.15, 0.2) is 5.78 Å². The van der Waals surface area contributed by atoms with Crippen molar-refractivity contribution >= 4 is 17.4 Å². The molecular weight excluding hydrogens is 236 g/mol. The number of benzene rings is 1. The Labute approximate surface area is 103 Å². The highest BCUT2D eigenvalue weighted by atomic mass is 16.6. The molecule has 0 unspecified atom stereocenters. The highest BCUT2D eigenvalue weighted by Crippen LogP contribution is 2.16. The Hall–Kier alpha value is -2.24. The van der Waals surface area contributed by atoms with E-state index in [4.69, 9.17) is 0 Å². The van der Waals surface area contributed by atoms with Gasteiger partial charge in [-0.3, -0.25) is 19.7 Å². The molecule has 0 aliphatic carbocycles. The van der Waals surface area contributed by atoms with Crippen LogP contribution in [0.4, 0.5) is 5.69 Å². The zero-order chi connectivity index (χ0) is 13.1. The van der Waals surface area contributed by atoms with Crippen molar-refractivity contribution < 1.29 is 14.5 Å². The number of rotatable bonds is 2. The fourth-order valence-electron chi connectivity index (χ4n) is 1.95. The van der Waals surface area contributed by atoms with Crippen molar-refractivity contribution in [3.63, 3.8) is 0 Å². The van der Waals surface area contributed by atoms with Gasteiger partial charge in [-0.05, 0) is 12.5 Å². The molecule has 0 bridgehead atoms. The monoisotopic (exact) mass is 248 g/mol. The summed E-state index contributed by atoms with van der Waals surface area (Å²) < 4.78 is 0. The van der Waals surface area contributed by atoms with Crippen LogP contribution in [0.1, 0.15) is 23.2 Å². The number of carbonyl (C=O) groups excluding carboxylic acids is 2. The summed E-state index contributed by atoms with van der Waals surface area (Å²) in [6, 6.07) is 5.56. The Morgan fingerprint density at radius 3 is 2.83 bits per heavy atom. The minimum absolute atomic E-state index is 0.0278. The Morgan fingerprint density at radius 2 is 2.17 bits per heavy atom. The number of hydrogen-bond acceptors (Lipinski definition) is 4. The van der Waals surface area contributed by atoms with Crippen molar-refractivity contribution in [3.8, 4) is 0 Å². The van der Waals surface area contributed by atoms with E-state index in [1.807, 2.05) is 0 Å². The van der Waals surface area contributed by atoms with E-state index in [1.54, 1.807) is 0 Å². The van der Waals surface area contributed by atoms with Gasteiger partial charge in [0.1, 0.15) is 0 Å². The molecule has 0 N–H and O–H groups in total. The average molecular weight is 248 g/mol. The van der Waals surface area contributed by atoms with E-state index in [0.717, 1.165) is 0 Å². The Bertz CT molecular complexity index is 513. The fourth-order valence-corrected chi connectivity index (χ4v) is 1.95. The van der Waals surface area contributed by atoms with Gasteiger partial charge in [-0.1, -0.05) is 6.07 Å². The molecular formula is C12H12N2O4. The summed E-state index contributed by atoms with van der Waals surface area (Å²) in [6.45, 7) is 0.620. The second-order valence-electron chi connectivity index (χ2n) is 4.18. The number of nitro benzene ring substituents is 1. The molecule has 94 valence electrons. The van der Waals surface area contributed by atoms with E-state index in [0.29, 0.717) is 19.4 Å². The molecule has 18 heavy (non-hydrogen) atoms. The highest BCUT2D eigenvalue weighted by molar-refractivity contribution is 5.97. The second kappa shape index (κ2) is 4.95. The van der Waals surface area contributed by atoms with Gasteiger partial charge in [0.25, 0.3) is 11.6 Å². The van der Waals surface area contributed by atoms with Gasteiger partial charge in [0.05, 0.1) is 11.5 Å². The number of hydrogen-bond donors (Lipinski definition) is 0. The number of Topliss-reactive ketones (excluding diaryl/α,β-unsaturated/α-hetero) is 1. The summed E-state index contributed by atoms with van der Waals surface area (Å²) in [5, 5.41) is 10.6. The second-order valence-corrected chi connectivity index (χ2v) is 4.18. The summed E-state index contributed by atoms with van der Waals surface area (Å²) >= 11 is 0. The molecule has 1 aliphatic rings. The van der Waals surface area contributed by atoms with Gasteiger partial charge in [-0.2, -0.15) is 0 Å². The molecule has 1 aromatic rings. The molecule has 0 atom stereocenters. The molecule has 1 fully saturated rings. The summed E-state index contributed by atoms with van der Waals surface area (Å²) in [5.41, 5.74) is 0.128. The maximum Gasteiger partial charge on any atom is 0.270 e. The number of nitrogens with zero attached hydrogens (tertiary/aromatic N) is 2. The predicted octanol–water partition coefficient (Wildman–Crippen LogP) is 1.40. The van der Waals surface area contributed by atoms with Crippen LogP contribution in [0.5, 0.6) is 0 Å². The van der Waals surface area contributed by atoms with Crippen LogP contribution in [0.25, 0.3) is 0 Å². The van der Waals surface area contributed by atoms with Crippen LogP contribution in [0, 0.1) is 10.1 Å². The number of piperidine rings is 1. The van der Waals surface area contributed by atoms with Crippen molar-refractivity contribution in [1.29, 1.82) is 0 Å². The number of likely N-dealkylation sites (tertiary alicyclic amines) is 1. The Kier molecular flexibility index (Phi) is 3.36. The van der Waals surface area contributed by atoms with Crippen LogP contribution in [0.2, 0.25) is 0 Å². The topological polar surface area (TPSA) is 80.5 Å². The predicted molar refractivity (Wildman–Crippen MR) is 63.2 cm³/mol. The van der Waals surface area contributed by atoms with Crippen molar-refractivity contribution in [2.24, 2.45) is 0 Å². The van der Waals surface area contributed by atoms with Crippen molar-refractivity contribution in [2.45, 2.75) is 12.8 Å². The standard InChI is InChI=1S/C12H12N2O4/c15-11-5-2-6-13(8-11)12(16)9-3-1-4-10(7-9)14(17)18/h1,3-4,7H,2,5-6,8H2. The van der Waals surface area contributed by atoms with Crippen LogP contribution in [-0.2, 0) is 4.79 Å². The molecule has 2 rings (SSSR count). The van der Waals surface area contributed by atoms with Gasteiger partial charge in [0, 0.05) is 30.7 Å². The highest BCUT2D eigenvalue weighted by Gasteiger charge is 2.23. The van der Waals surface area contributed by atoms with Gasteiger partial charge in [-0.15, -0.1) is 0 Å². The average Bonchev–Trinajstić information content (AvgIpc) is 2.38. The summed E-state index contributed by atoms with van der Waals surface area (Å²) in [4.78, 5) is 34.9. The first-order valence-corrected chi connectivity index (χ1v) is 5.63.